The molecule has 0 aliphatic rings. The van der Waals surface area contributed by atoms with Crippen LogP contribution in [-0.2, 0) is 12.6 Å². The van der Waals surface area contributed by atoms with Gasteiger partial charge in [0.15, 0.2) is 0 Å². The van der Waals surface area contributed by atoms with Crippen LogP contribution in [0.1, 0.15) is 20.8 Å². The van der Waals surface area contributed by atoms with E-state index < -0.39 is 0 Å². The molecule has 5 nitrogen and oxygen atoms in total. The van der Waals surface area contributed by atoms with Crippen molar-refractivity contribution in [1.82, 2.24) is 15.1 Å². The number of nitrogens with one attached hydrogen (secondary N) is 1. The Morgan fingerprint density at radius 3 is 2.33 bits per heavy atom. The molecule has 68 valence electrons. The van der Waals surface area contributed by atoms with Crippen molar-refractivity contribution < 1.29 is 4.68 Å². The molecule has 0 aromatic carbocycles. The number of hydrogen-bond donors (Lipinski definition) is 1. The van der Waals surface area contributed by atoms with Crippen molar-refractivity contribution in [3.8, 4) is 0 Å². The number of hydrogen-bond acceptors (Lipinski definition) is 3. The fraction of sp³-hybridized carbons (Fsp3) is 0.857. The van der Waals surface area contributed by atoms with E-state index in [0.29, 0.717) is 0 Å². The molecule has 0 radical (unpaired) electrons. The molecule has 0 bridgehead atoms. The van der Waals surface area contributed by atoms with Crippen molar-refractivity contribution >= 4 is 5.95 Å². The molecule has 5 heteroatoms. The molecule has 0 spiro atoms. The van der Waals surface area contributed by atoms with Crippen LogP contribution in [0.15, 0.2) is 0 Å². The van der Waals surface area contributed by atoms with Gasteiger partial charge in [0.1, 0.15) is 10.8 Å². The molecule has 0 atom stereocenters. The lowest BCUT2D eigenvalue weighted by Crippen LogP contribution is -2.35. The zero-order chi connectivity index (χ0) is 9.35. The van der Waals surface area contributed by atoms with Gasteiger partial charge in [0.2, 0.25) is 0 Å². The highest BCUT2D eigenvalue weighted by Crippen LogP contribution is 2.14. The molecule has 1 heterocycles. The SMILES string of the molecule is CNc1n(C(C)(C)C)nn[n+]1C. The summed E-state index contributed by atoms with van der Waals surface area (Å²) in [6, 6.07) is 0. The molecular formula is C7H16N5+. The summed E-state index contributed by atoms with van der Waals surface area (Å²) in [6.45, 7) is 6.26. The molecule has 0 saturated heterocycles. The molecule has 0 aliphatic heterocycles. The zero-order valence-corrected chi connectivity index (χ0v) is 8.29. The second-order valence-corrected chi connectivity index (χ2v) is 3.76. The maximum absolute atomic E-state index is 4.02. The van der Waals surface area contributed by atoms with Crippen molar-refractivity contribution in [3.05, 3.63) is 0 Å². The molecule has 1 rings (SSSR count). The molecule has 0 saturated carbocycles. The van der Waals surface area contributed by atoms with Crippen LogP contribution in [0.25, 0.3) is 0 Å². The van der Waals surface area contributed by atoms with Gasteiger partial charge < -0.3 is 0 Å². The maximum Gasteiger partial charge on any atom is 0.365 e. The summed E-state index contributed by atoms with van der Waals surface area (Å²) in [4.78, 5) is 0. The first kappa shape index (κ1) is 8.96. The lowest BCUT2D eigenvalue weighted by Gasteiger charge is -2.13. The third kappa shape index (κ3) is 1.39. The predicted octanol–water partition coefficient (Wildman–Crippen LogP) is -0.101. The maximum atomic E-state index is 4.02. The lowest BCUT2D eigenvalue weighted by atomic mass is 10.1. The Labute approximate surface area is 72.4 Å². The van der Waals surface area contributed by atoms with E-state index in [0.717, 1.165) is 5.95 Å². The Balaban J connectivity index is 3.16. The van der Waals surface area contributed by atoms with Crippen LogP contribution in [0, 0.1) is 0 Å². The minimum Gasteiger partial charge on any atom is -0.296 e. The summed E-state index contributed by atoms with van der Waals surface area (Å²) in [6.07, 6.45) is 0. The molecule has 0 amide bonds. The van der Waals surface area contributed by atoms with Gasteiger partial charge in [0, 0.05) is 7.05 Å². The number of nitrogens with zero attached hydrogens (tertiary/aromatic N) is 4. The first-order chi connectivity index (χ1) is 5.46. The van der Waals surface area contributed by atoms with Gasteiger partial charge in [-0.05, 0) is 20.8 Å². The summed E-state index contributed by atoms with van der Waals surface area (Å²) in [5.41, 5.74) is -0.0351. The van der Waals surface area contributed by atoms with Crippen molar-refractivity contribution in [2.75, 3.05) is 12.4 Å². The second kappa shape index (κ2) is 2.73. The summed E-state index contributed by atoms with van der Waals surface area (Å²) in [5.74, 6) is 0.905. The van der Waals surface area contributed by atoms with E-state index in [2.05, 4.69) is 36.5 Å². The number of tetrazole rings is 1. The third-order valence-corrected chi connectivity index (χ3v) is 1.63. The van der Waals surface area contributed by atoms with Gasteiger partial charge in [-0.25, -0.2) is 0 Å². The van der Waals surface area contributed by atoms with Crippen LogP contribution in [0.3, 0.4) is 0 Å². The minimum atomic E-state index is -0.0351. The standard InChI is InChI=1S/C7H15N5/c1-7(2,3)12-6(8-4)11(5)9-10-12/h1-5H3/p+1. The molecule has 0 unspecified atom stereocenters. The fourth-order valence-electron chi connectivity index (χ4n) is 1.04. The lowest BCUT2D eigenvalue weighted by molar-refractivity contribution is -0.718. The van der Waals surface area contributed by atoms with E-state index in [1.54, 1.807) is 4.68 Å². The normalized spacial score (nSPS) is 11.8. The molecule has 0 fully saturated rings. The van der Waals surface area contributed by atoms with E-state index in [1.807, 2.05) is 18.8 Å². The van der Waals surface area contributed by atoms with Crippen LogP contribution in [-0.4, -0.2) is 22.2 Å². The highest BCUT2D eigenvalue weighted by atomic mass is 15.6. The van der Waals surface area contributed by atoms with E-state index in [1.165, 1.54) is 0 Å². The van der Waals surface area contributed by atoms with Crippen molar-refractivity contribution in [2.45, 2.75) is 26.3 Å². The highest BCUT2D eigenvalue weighted by molar-refractivity contribution is 5.14. The van der Waals surface area contributed by atoms with Crippen LogP contribution >= 0.6 is 0 Å². The molecular weight excluding hydrogens is 154 g/mol. The van der Waals surface area contributed by atoms with Gasteiger partial charge in [0.05, 0.1) is 12.3 Å². The molecule has 1 N–H and O–H groups in total. The van der Waals surface area contributed by atoms with Crippen LogP contribution in [0.4, 0.5) is 5.95 Å². The summed E-state index contributed by atoms with van der Waals surface area (Å²) in [7, 11) is 3.72. The smallest absolute Gasteiger partial charge is 0.296 e. The fourth-order valence-corrected chi connectivity index (χ4v) is 1.04. The van der Waals surface area contributed by atoms with E-state index in [9.17, 15) is 0 Å². The zero-order valence-electron chi connectivity index (χ0n) is 8.29. The van der Waals surface area contributed by atoms with Crippen LogP contribution in [0.5, 0.6) is 0 Å². The Hall–Kier alpha value is -1.13. The van der Waals surface area contributed by atoms with Gasteiger partial charge in [-0.2, -0.15) is 0 Å². The monoisotopic (exact) mass is 170 g/mol. The van der Waals surface area contributed by atoms with Crippen LogP contribution in [0.2, 0.25) is 0 Å². The van der Waals surface area contributed by atoms with E-state index in [4.69, 9.17) is 0 Å². The summed E-state index contributed by atoms with van der Waals surface area (Å²) >= 11 is 0. The number of aromatic nitrogens is 4. The Bertz CT molecular complexity index is 270. The number of rotatable bonds is 1. The van der Waals surface area contributed by atoms with E-state index >= 15 is 0 Å². The Morgan fingerprint density at radius 1 is 1.42 bits per heavy atom. The van der Waals surface area contributed by atoms with Gasteiger partial charge in [-0.1, -0.05) is 4.68 Å². The topological polar surface area (TPSA) is 46.6 Å². The van der Waals surface area contributed by atoms with Gasteiger partial charge in [-0.3, -0.25) is 5.32 Å². The molecule has 0 aliphatic carbocycles. The Morgan fingerprint density at radius 2 is 2.00 bits per heavy atom. The molecule has 1 aromatic rings. The first-order valence-corrected chi connectivity index (χ1v) is 3.97. The minimum absolute atomic E-state index is 0.0351. The third-order valence-electron chi connectivity index (χ3n) is 1.63. The average Bonchev–Trinajstić information content (AvgIpc) is 2.29. The molecule has 12 heavy (non-hydrogen) atoms. The van der Waals surface area contributed by atoms with Crippen molar-refractivity contribution in [2.24, 2.45) is 7.05 Å². The molecule has 1 aromatic heterocycles. The predicted molar refractivity (Wildman–Crippen MR) is 45.7 cm³/mol. The second-order valence-electron chi connectivity index (χ2n) is 3.76. The van der Waals surface area contributed by atoms with Gasteiger partial charge in [-0.15, -0.1) is 4.68 Å². The summed E-state index contributed by atoms with van der Waals surface area (Å²) in [5, 5.41) is 11.0. The van der Waals surface area contributed by atoms with Crippen LogP contribution < -0.4 is 10.00 Å². The average molecular weight is 170 g/mol. The largest absolute Gasteiger partial charge is 0.365 e. The first-order valence-electron chi connectivity index (χ1n) is 3.97. The highest BCUT2D eigenvalue weighted by Gasteiger charge is 2.27. The Kier molecular flexibility index (Phi) is 2.04. The van der Waals surface area contributed by atoms with Gasteiger partial charge >= 0.3 is 5.95 Å². The van der Waals surface area contributed by atoms with Gasteiger partial charge in [0.25, 0.3) is 0 Å². The van der Waals surface area contributed by atoms with Crippen molar-refractivity contribution in [1.29, 1.82) is 0 Å². The van der Waals surface area contributed by atoms with Crippen molar-refractivity contribution in [3.63, 3.8) is 0 Å². The number of anilines is 1. The quantitative estimate of drug-likeness (QED) is 0.599. The number of aryl methyl sites for hydroxylation is 1. The summed E-state index contributed by atoms with van der Waals surface area (Å²) < 4.78 is 3.57. The van der Waals surface area contributed by atoms with E-state index in [-0.39, 0.29) is 5.54 Å².